The molecule has 3 saturated heterocycles. The molecule has 0 radical (unpaired) electrons. The molecule has 19 heteroatoms. The van der Waals surface area contributed by atoms with Gasteiger partial charge in [0.1, 0.15) is 30.3 Å². The van der Waals surface area contributed by atoms with Gasteiger partial charge in [0.2, 0.25) is 17.8 Å². The van der Waals surface area contributed by atoms with Crippen LogP contribution >= 0.6 is 0 Å². The maximum atomic E-state index is 13.2. The predicted octanol–water partition coefficient (Wildman–Crippen LogP) is -3.10. The number of H-pyrrole nitrogens is 1. The van der Waals surface area contributed by atoms with E-state index in [9.17, 15) is 24.6 Å². The summed E-state index contributed by atoms with van der Waals surface area (Å²) in [6.45, 7) is -0.120. The second kappa shape index (κ2) is 10.2. The summed E-state index contributed by atoms with van der Waals surface area (Å²) in [5, 5.41) is 28.0. The van der Waals surface area contributed by atoms with Gasteiger partial charge in [-0.3, -0.25) is 28.5 Å². The van der Waals surface area contributed by atoms with Crippen LogP contribution in [0.15, 0.2) is 23.8 Å². The molecular formula is C24H28N12O7. The Labute approximate surface area is 240 Å². The Hall–Kier alpha value is -4.72. The molecule has 0 aromatic carbocycles. The Bertz CT molecular complexity index is 1790. The first kappa shape index (κ1) is 27.1. The molecule has 2 bridgehead atoms. The van der Waals surface area contributed by atoms with Crippen molar-refractivity contribution in [2.45, 2.75) is 49.7 Å². The van der Waals surface area contributed by atoms with Crippen molar-refractivity contribution < 1.29 is 29.3 Å². The van der Waals surface area contributed by atoms with E-state index >= 15 is 0 Å². The Kier molecular flexibility index (Phi) is 6.45. The van der Waals surface area contributed by atoms with Gasteiger partial charge in [-0.25, -0.2) is 19.9 Å². The summed E-state index contributed by atoms with van der Waals surface area (Å²) in [7, 11) is 0. The SMILES string of the molecule is Nc1nc2c(ncn2C2OC3CNC(=O)CC4C(CNC(=O)CC2C3O)OC(n2cnc3c(N)ncnc32)C4O)c(=O)[nH]1. The summed E-state index contributed by atoms with van der Waals surface area (Å²) in [6, 6.07) is 0. The summed E-state index contributed by atoms with van der Waals surface area (Å²) in [5.41, 5.74) is 11.9. The van der Waals surface area contributed by atoms with Crippen molar-refractivity contribution >= 4 is 45.9 Å². The zero-order chi connectivity index (χ0) is 30.0. The summed E-state index contributed by atoms with van der Waals surface area (Å²) in [6.07, 6.45) is -2.19. The molecule has 8 unspecified atom stereocenters. The second-order valence-corrected chi connectivity index (χ2v) is 10.8. The molecule has 4 aromatic rings. The topological polar surface area (TPSA) is 276 Å². The molecule has 3 aliphatic heterocycles. The minimum atomic E-state index is -1.16. The predicted molar refractivity (Wildman–Crippen MR) is 144 cm³/mol. The lowest BCUT2D eigenvalue weighted by molar-refractivity contribution is -0.125. The number of aromatic nitrogens is 8. The lowest BCUT2D eigenvalue weighted by Gasteiger charge is -2.23. The first-order chi connectivity index (χ1) is 20.7. The smallest absolute Gasteiger partial charge is 0.280 e. The van der Waals surface area contributed by atoms with Gasteiger partial charge in [-0.1, -0.05) is 0 Å². The average Bonchev–Trinajstić information content (AvgIpc) is 3.72. The summed E-state index contributed by atoms with van der Waals surface area (Å²) >= 11 is 0. The number of amides is 2. The van der Waals surface area contributed by atoms with Gasteiger partial charge >= 0.3 is 0 Å². The number of hydrogen-bond acceptors (Lipinski definition) is 14. The summed E-state index contributed by atoms with van der Waals surface area (Å²) in [5.74, 6) is -2.33. The first-order valence-electron chi connectivity index (χ1n) is 13.6. The maximum Gasteiger partial charge on any atom is 0.280 e. The van der Waals surface area contributed by atoms with Crippen LogP contribution in [0.4, 0.5) is 11.8 Å². The number of hydrogen-bond donors (Lipinski definition) is 7. The Balaban J connectivity index is 1.16. The molecule has 7 heterocycles. The van der Waals surface area contributed by atoms with E-state index in [2.05, 4.69) is 40.5 Å². The third-order valence-electron chi connectivity index (χ3n) is 8.25. The van der Waals surface area contributed by atoms with Crippen LogP contribution in [-0.4, -0.2) is 98.6 Å². The molecule has 226 valence electrons. The van der Waals surface area contributed by atoms with Gasteiger partial charge < -0.3 is 41.8 Å². The van der Waals surface area contributed by atoms with Gasteiger partial charge in [0.25, 0.3) is 5.56 Å². The lowest BCUT2D eigenvalue weighted by Crippen LogP contribution is -2.41. The van der Waals surface area contributed by atoms with E-state index in [4.69, 9.17) is 20.9 Å². The zero-order valence-electron chi connectivity index (χ0n) is 22.4. The number of aromatic amines is 1. The molecule has 0 spiro atoms. The Morgan fingerprint density at radius 2 is 1.44 bits per heavy atom. The van der Waals surface area contributed by atoms with Crippen LogP contribution in [0.2, 0.25) is 0 Å². The van der Waals surface area contributed by atoms with Gasteiger partial charge in [0.15, 0.2) is 28.9 Å². The highest BCUT2D eigenvalue weighted by molar-refractivity contribution is 5.81. The number of carbonyl (C=O) groups is 2. The van der Waals surface area contributed by atoms with Crippen molar-refractivity contribution in [3.8, 4) is 0 Å². The van der Waals surface area contributed by atoms with Gasteiger partial charge in [0, 0.05) is 37.8 Å². The molecule has 19 nitrogen and oxygen atoms in total. The molecule has 2 amide bonds. The van der Waals surface area contributed by atoms with Crippen LogP contribution in [0.5, 0.6) is 0 Å². The quantitative estimate of drug-likeness (QED) is 0.121. The van der Waals surface area contributed by atoms with Crippen molar-refractivity contribution in [1.29, 1.82) is 0 Å². The number of fused-ring (bicyclic) bond motifs is 5. The van der Waals surface area contributed by atoms with Crippen LogP contribution < -0.4 is 27.7 Å². The Morgan fingerprint density at radius 3 is 2.21 bits per heavy atom. The number of carbonyl (C=O) groups excluding carboxylic acids is 2. The van der Waals surface area contributed by atoms with Crippen LogP contribution in [0.3, 0.4) is 0 Å². The molecule has 9 N–H and O–H groups in total. The van der Waals surface area contributed by atoms with E-state index in [0.717, 1.165) is 0 Å². The average molecular weight is 597 g/mol. The first-order valence-corrected chi connectivity index (χ1v) is 13.6. The molecule has 0 aliphatic carbocycles. The van der Waals surface area contributed by atoms with Crippen molar-refractivity contribution in [1.82, 2.24) is 49.7 Å². The number of nitrogens with two attached hydrogens (primary N) is 2. The van der Waals surface area contributed by atoms with Gasteiger partial charge in [0.05, 0.1) is 24.9 Å². The number of nitrogens with one attached hydrogen (secondary N) is 3. The van der Waals surface area contributed by atoms with Crippen molar-refractivity contribution in [2.75, 3.05) is 24.6 Å². The molecule has 43 heavy (non-hydrogen) atoms. The van der Waals surface area contributed by atoms with Gasteiger partial charge in [-0.2, -0.15) is 4.98 Å². The highest BCUT2D eigenvalue weighted by Gasteiger charge is 2.49. The zero-order valence-corrected chi connectivity index (χ0v) is 22.4. The molecule has 4 aromatic heterocycles. The van der Waals surface area contributed by atoms with E-state index in [1.165, 1.54) is 28.1 Å². The number of anilines is 2. The molecule has 3 fully saturated rings. The van der Waals surface area contributed by atoms with E-state index in [1.807, 2.05) is 0 Å². The number of nitrogens with zero attached hydrogens (tertiary/aromatic N) is 7. The fraction of sp³-hybridized carbons (Fsp3) is 0.500. The summed E-state index contributed by atoms with van der Waals surface area (Å²) < 4.78 is 15.2. The molecule has 7 rings (SSSR count). The molecule has 3 aliphatic rings. The third-order valence-corrected chi connectivity index (χ3v) is 8.25. The lowest BCUT2D eigenvalue weighted by atomic mass is 9.93. The highest BCUT2D eigenvalue weighted by Crippen LogP contribution is 2.40. The Morgan fingerprint density at radius 1 is 0.791 bits per heavy atom. The number of ether oxygens (including phenoxy) is 2. The normalized spacial score (nSPS) is 31.7. The number of rotatable bonds is 2. The maximum absolute atomic E-state index is 13.2. The number of aliphatic hydroxyl groups excluding tert-OH is 2. The molecular weight excluding hydrogens is 568 g/mol. The van der Waals surface area contributed by atoms with Crippen LogP contribution in [-0.2, 0) is 19.1 Å². The fourth-order valence-electron chi connectivity index (χ4n) is 6.13. The van der Waals surface area contributed by atoms with Crippen LogP contribution in [0, 0.1) is 11.8 Å². The standard InChI is InChI=1S/C24H28N12O7/c25-18-14-19(30-5-29-18)35(6-31-14)23-17(40)8-1-12(37)28-4-11-16(39)9(2-13(38)27-3-10(8)42-23)22(43-11)36-7-32-15-20(36)33-24(26)34-21(15)41/h5-11,16-17,22-23,39-40H,1-4H2,(H,27,38)(H,28,37)(H2,25,29,30)(H3,26,33,34,41). The minimum Gasteiger partial charge on any atom is -0.390 e. The number of aliphatic hydroxyl groups is 2. The minimum absolute atomic E-state index is 0.0130. The summed E-state index contributed by atoms with van der Waals surface area (Å²) in [4.78, 5) is 61.6. The van der Waals surface area contributed by atoms with Crippen LogP contribution in [0.1, 0.15) is 25.3 Å². The van der Waals surface area contributed by atoms with Crippen LogP contribution in [0.25, 0.3) is 22.3 Å². The van der Waals surface area contributed by atoms with Gasteiger partial charge in [-0.05, 0) is 0 Å². The number of imidazole rings is 2. The highest BCUT2D eigenvalue weighted by atomic mass is 16.5. The third kappa shape index (κ3) is 4.52. The fourth-order valence-corrected chi connectivity index (χ4v) is 6.13. The van der Waals surface area contributed by atoms with Crippen molar-refractivity contribution in [2.24, 2.45) is 11.8 Å². The monoisotopic (exact) mass is 596 g/mol. The number of nitrogen functional groups attached to an aromatic ring is 2. The van der Waals surface area contributed by atoms with E-state index < -0.39 is 66.1 Å². The molecule has 8 atom stereocenters. The van der Waals surface area contributed by atoms with Crippen molar-refractivity contribution in [3.63, 3.8) is 0 Å². The van der Waals surface area contributed by atoms with E-state index in [0.29, 0.717) is 11.2 Å². The largest absolute Gasteiger partial charge is 0.390 e. The van der Waals surface area contributed by atoms with E-state index in [-0.39, 0.29) is 48.9 Å². The van der Waals surface area contributed by atoms with Gasteiger partial charge in [-0.15, -0.1) is 0 Å². The van der Waals surface area contributed by atoms with E-state index in [1.54, 1.807) is 0 Å². The second-order valence-electron chi connectivity index (χ2n) is 10.8. The molecule has 0 saturated carbocycles. The van der Waals surface area contributed by atoms with Crippen molar-refractivity contribution in [3.05, 3.63) is 29.3 Å².